The Kier molecular flexibility index (Phi) is 4.08. The molecule has 23 heavy (non-hydrogen) atoms. The summed E-state index contributed by atoms with van der Waals surface area (Å²) >= 11 is 3.24. The molecule has 7 heteroatoms. The van der Waals surface area contributed by atoms with Crippen LogP contribution in [0.2, 0.25) is 0 Å². The van der Waals surface area contributed by atoms with Crippen molar-refractivity contribution in [3.05, 3.63) is 64.1 Å². The second-order valence-corrected chi connectivity index (χ2v) is 8.11. The number of benzene rings is 2. The summed E-state index contributed by atoms with van der Waals surface area (Å²) in [6.45, 7) is -0.162. The molecule has 0 saturated heterocycles. The van der Waals surface area contributed by atoms with Crippen LogP contribution in [0.25, 0.3) is 0 Å². The van der Waals surface area contributed by atoms with Gasteiger partial charge in [0.2, 0.25) is 0 Å². The maximum atomic E-state index is 12.3. The molecule has 0 radical (unpaired) electrons. The Balaban J connectivity index is 1.78. The fourth-order valence-electron chi connectivity index (χ4n) is 2.41. The number of rotatable bonds is 4. The third-order valence-corrected chi connectivity index (χ3v) is 5.87. The maximum absolute atomic E-state index is 12.3. The lowest BCUT2D eigenvalue weighted by Crippen LogP contribution is -2.34. The molecule has 118 valence electrons. The zero-order valence-electron chi connectivity index (χ0n) is 11.9. The van der Waals surface area contributed by atoms with Crippen LogP contribution in [-0.2, 0) is 9.84 Å². The van der Waals surface area contributed by atoms with E-state index in [1.807, 2.05) is 0 Å². The molecule has 3 rings (SSSR count). The minimum Gasteiger partial charge on any atom is -0.273 e. The third-order valence-electron chi connectivity index (χ3n) is 3.63. The van der Waals surface area contributed by atoms with Crippen LogP contribution in [0.5, 0.6) is 0 Å². The summed E-state index contributed by atoms with van der Waals surface area (Å²) in [5.41, 5.74) is 0.636. The first kappa shape index (κ1) is 15.9. The molecule has 0 fully saturated rings. The number of fused-ring (bicyclic) bond motifs is 1. The van der Waals surface area contributed by atoms with Gasteiger partial charge >= 0.3 is 0 Å². The van der Waals surface area contributed by atoms with Gasteiger partial charge in [0.1, 0.15) is 0 Å². The second kappa shape index (κ2) is 5.90. The molecular formula is C16H12BrNO4S. The van der Waals surface area contributed by atoms with Gasteiger partial charge in [0.25, 0.3) is 11.8 Å². The van der Waals surface area contributed by atoms with Gasteiger partial charge in [0, 0.05) is 11.0 Å². The summed E-state index contributed by atoms with van der Waals surface area (Å²) in [5, 5.41) is 0. The van der Waals surface area contributed by atoms with Crippen molar-refractivity contribution < 1.29 is 18.0 Å². The molecule has 1 aliphatic heterocycles. The fourth-order valence-corrected chi connectivity index (χ4v) is 3.89. The van der Waals surface area contributed by atoms with Crippen molar-refractivity contribution in [2.45, 2.75) is 4.90 Å². The van der Waals surface area contributed by atoms with E-state index in [9.17, 15) is 18.0 Å². The standard InChI is InChI=1S/C16H12BrNO4S/c17-11-5-7-12(8-6-11)23(21,22)10-9-18-15(19)13-3-1-2-4-14(13)16(18)20/h1-8H,9-10H2. The van der Waals surface area contributed by atoms with E-state index in [1.54, 1.807) is 36.4 Å². The maximum Gasteiger partial charge on any atom is 0.261 e. The third kappa shape index (κ3) is 2.94. The molecule has 2 aromatic carbocycles. The van der Waals surface area contributed by atoms with Gasteiger partial charge in [-0.3, -0.25) is 14.5 Å². The number of carbonyl (C=O) groups is 2. The van der Waals surface area contributed by atoms with E-state index >= 15 is 0 Å². The Bertz CT molecular complexity index is 856. The van der Waals surface area contributed by atoms with Gasteiger partial charge in [-0.15, -0.1) is 0 Å². The van der Waals surface area contributed by atoms with Crippen LogP contribution in [0.1, 0.15) is 20.7 Å². The Morgan fingerprint density at radius 3 is 1.91 bits per heavy atom. The van der Waals surface area contributed by atoms with Crippen LogP contribution in [0, 0.1) is 0 Å². The molecule has 0 aromatic heterocycles. The molecule has 1 aliphatic rings. The predicted octanol–water partition coefficient (Wildman–Crippen LogP) is 2.52. The van der Waals surface area contributed by atoms with E-state index < -0.39 is 21.7 Å². The molecule has 0 aliphatic carbocycles. The van der Waals surface area contributed by atoms with E-state index in [-0.39, 0.29) is 17.2 Å². The van der Waals surface area contributed by atoms with E-state index in [0.29, 0.717) is 11.1 Å². The van der Waals surface area contributed by atoms with Gasteiger partial charge in [-0.1, -0.05) is 28.1 Å². The molecule has 0 unspecified atom stereocenters. The number of nitrogens with zero attached hydrogens (tertiary/aromatic N) is 1. The lowest BCUT2D eigenvalue weighted by molar-refractivity contribution is 0.0664. The number of hydrogen-bond acceptors (Lipinski definition) is 4. The average molecular weight is 394 g/mol. The summed E-state index contributed by atoms with van der Waals surface area (Å²) < 4.78 is 25.4. The molecule has 0 bridgehead atoms. The van der Waals surface area contributed by atoms with Crippen molar-refractivity contribution in [1.29, 1.82) is 0 Å². The minimum atomic E-state index is -3.57. The number of hydrogen-bond donors (Lipinski definition) is 0. The molecule has 0 atom stereocenters. The van der Waals surface area contributed by atoms with Gasteiger partial charge in [-0.25, -0.2) is 8.42 Å². The number of sulfone groups is 1. The van der Waals surface area contributed by atoms with Gasteiger partial charge in [-0.2, -0.15) is 0 Å². The number of imide groups is 1. The number of halogens is 1. The molecule has 0 N–H and O–H groups in total. The molecule has 1 heterocycles. The highest BCUT2D eigenvalue weighted by Crippen LogP contribution is 2.23. The summed E-state index contributed by atoms with van der Waals surface area (Å²) in [4.78, 5) is 25.6. The van der Waals surface area contributed by atoms with Crippen molar-refractivity contribution in [3.63, 3.8) is 0 Å². The lowest BCUT2D eigenvalue weighted by atomic mass is 10.1. The van der Waals surface area contributed by atoms with Crippen LogP contribution >= 0.6 is 15.9 Å². The summed E-state index contributed by atoms with van der Waals surface area (Å²) in [7, 11) is -3.57. The van der Waals surface area contributed by atoms with Crippen molar-refractivity contribution in [3.8, 4) is 0 Å². The molecule has 0 spiro atoms. The van der Waals surface area contributed by atoms with Gasteiger partial charge < -0.3 is 0 Å². The quantitative estimate of drug-likeness (QED) is 0.748. The topological polar surface area (TPSA) is 71.5 Å². The molecule has 5 nitrogen and oxygen atoms in total. The Hall–Kier alpha value is -1.99. The first-order chi connectivity index (χ1) is 10.9. The van der Waals surface area contributed by atoms with Crippen molar-refractivity contribution in [1.82, 2.24) is 4.90 Å². The van der Waals surface area contributed by atoms with Crippen molar-refractivity contribution in [2.75, 3.05) is 12.3 Å². The summed E-state index contributed by atoms with van der Waals surface area (Å²) in [6, 6.07) is 12.7. The Morgan fingerprint density at radius 2 is 1.39 bits per heavy atom. The SMILES string of the molecule is O=C1c2ccccc2C(=O)N1CCS(=O)(=O)c1ccc(Br)cc1. The van der Waals surface area contributed by atoms with Gasteiger partial charge in [0.15, 0.2) is 9.84 Å². The first-order valence-electron chi connectivity index (χ1n) is 6.84. The first-order valence-corrected chi connectivity index (χ1v) is 9.28. The highest BCUT2D eigenvalue weighted by atomic mass is 79.9. The second-order valence-electron chi connectivity index (χ2n) is 5.08. The Morgan fingerprint density at radius 1 is 0.870 bits per heavy atom. The van der Waals surface area contributed by atoms with Crippen LogP contribution in [-0.4, -0.2) is 37.4 Å². The van der Waals surface area contributed by atoms with E-state index in [2.05, 4.69) is 15.9 Å². The normalized spacial score (nSPS) is 14.2. The molecule has 2 amide bonds. The Labute approximate surface area is 142 Å². The highest BCUT2D eigenvalue weighted by Gasteiger charge is 2.35. The average Bonchev–Trinajstić information content (AvgIpc) is 2.78. The molecular weight excluding hydrogens is 382 g/mol. The zero-order valence-corrected chi connectivity index (χ0v) is 14.3. The van der Waals surface area contributed by atoms with E-state index in [4.69, 9.17) is 0 Å². The smallest absolute Gasteiger partial charge is 0.261 e. The van der Waals surface area contributed by atoms with E-state index in [0.717, 1.165) is 9.37 Å². The van der Waals surface area contributed by atoms with Gasteiger partial charge in [-0.05, 0) is 36.4 Å². The van der Waals surface area contributed by atoms with Crippen molar-refractivity contribution in [2.24, 2.45) is 0 Å². The number of amides is 2. The summed E-state index contributed by atoms with van der Waals surface area (Å²) in [6.07, 6.45) is 0. The lowest BCUT2D eigenvalue weighted by Gasteiger charge is -2.13. The van der Waals surface area contributed by atoms with Gasteiger partial charge in [0.05, 0.1) is 21.8 Å². The molecule has 2 aromatic rings. The zero-order chi connectivity index (χ0) is 16.6. The monoisotopic (exact) mass is 393 g/mol. The predicted molar refractivity (Wildman–Crippen MR) is 88.0 cm³/mol. The van der Waals surface area contributed by atoms with E-state index in [1.165, 1.54) is 12.1 Å². The summed E-state index contributed by atoms with van der Waals surface area (Å²) in [5.74, 6) is -1.20. The van der Waals surface area contributed by atoms with Crippen LogP contribution < -0.4 is 0 Å². The highest BCUT2D eigenvalue weighted by molar-refractivity contribution is 9.10. The minimum absolute atomic E-state index is 0.162. The number of carbonyl (C=O) groups excluding carboxylic acids is 2. The van der Waals surface area contributed by atoms with Crippen LogP contribution in [0.15, 0.2) is 57.9 Å². The fraction of sp³-hybridized carbons (Fsp3) is 0.125. The molecule has 0 saturated carbocycles. The van der Waals surface area contributed by atoms with Crippen molar-refractivity contribution >= 4 is 37.6 Å². The van der Waals surface area contributed by atoms with Crippen LogP contribution in [0.3, 0.4) is 0 Å². The largest absolute Gasteiger partial charge is 0.273 e. The van der Waals surface area contributed by atoms with Crippen LogP contribution in [0.4, 0.5) is 0 Å².